The molecular weight excluding hydrogens is 366 g/mol. The van der Waals surface area contributed by atoms with E-state index in [1.54, 1.807) is 6.20 Å². The molecule has 1 aromatic carbocycles. The Hall–Kier alpha value is -3.32. The minimum absolute atomic E-state index is 0.306. The molecule has 0 unspecified atom stereocenters. The summed E-state index contributed by atoms with van der Waals surface area (Å²) in [6.45, 7) is 3.13. The highest BCUT2D eigenvalue weighted by Gasteiger charge is 2.18. The highest BCUT2D eigenvalue weighted by Crippen LogP contribution is 2.27. The summed E-state index contributed by atoms with van der Waals surface area (Å²) in [4.78, 5) is 20.3. The van der Waals surface area contributed by atoms with Gasteiger partial charge in [0.05, 0.1) is 18.9 Å². The molecule has 0 N–H and O–H groups in total. The molecule has 0 saturated carbocycles. The van der Waals surface area contributed by atoms with Crippen molar-refractivity contribution in [1.82, 2.24) is 19.9 Å². The van der Waals surface area contributed by atoms with Crippen LogP contribution in [-0.4, -0.2) is 46.2 Å². The second-order valence-electron chi connectivity index (χ2n) is 6.97. The Kier molecular flexibility index (Phi) is 4.88. The van der Waals surface area contributed by atoms with Gasteiger partial charge in [0.25, 0.3) is 0 Å². The summed E-state index contributed by atoms with van der Waals surface area (Å²) in [5.74, 6) is 1.24. The highest BCUT2D eigenvalue weighted by atomic mass is 16.5. The van der Waals surface area contributed by atoms with Gasteiger partial charge in [0.1, 0.15) is 6.61 Å². The fourth-order valence-corrected chi connectivity index (χ4v) is 3.46. The number of nitrogens with zero attached hydrogens (tertiary/aromatic N) is 5. The number of anilines is 1. The van der Waals surface area contributed by atoms with Crippen LogP contribution in [0, 0.1) is 0 Å². The minimum Gasteiger partial charge on any atom is -0.457 e. The van der Waals surface area contributed by atoms with Crippen LogP contribution in [-0.2, 0) is 17.8 Å². The van der Waals surface area contributed by atoms with Crippen molar-refractivity contribution in [3.8, 4) is 17.4 Å². The zero-order valence-corrected chi connectivity index (χ0v) is 16.0. The van der Waals surface area contributed by atoms with Gasteiger partial charge in [-0.15, -0.1) is 0 Å². The van der Waals surface area contributed by atoms with Gasteiger partial charge in [0, 0.05) is 24.8 Å². The molecule has 3 aromatic rings. The topological polar surface area (TPSA) is 73.3 Å². The van der Waals surface area contributed by atoms with Gasteiger partial charge in [-0.1, -0.05) is 30.4 Å². The van der Waals surface area contributed by atoms with Crippen LogP contribution in [0.3, 0.4) is 0 Å². The predicted molar refractivity (Wildman–Crippen MR) is 110 cm³/mol. The summed E-state index contributed by atoms with van der Waals surface area (Å²) in [5.41, 5.74) is 4.33. The van der Waals surface area contributed by atoms with Crippen LogP contribution in [0.1, 0.15) is 16.8 Å². The van der Waals surface area contributed by atoms with Crippen LogP contribution in [0.2, 0.25) is 0 Å². The molecule has 0 radical (unpaired) electrons. The SMILES string of the molecule is C1=Cc2ccc(-c3nc(OCc4ccccn4)nc(N4CCOCC4)n3)cc2C1. The quantitative estimate of drug-likeness (QED) is 0.666. The molecule has 2 aromatic heterocycles. The summed E-state index contributed by atoms with van der Waals surface area (Å²) in [6.07, 6.45) is 7.00. The van der Waals surface area contributed by atoms with Crippen molar-refractivity contribution in [3.63, 3.8) is 0 Å². The van der Waals surface area contributed by atoms with Crippen molar-refractivity contribution in [2.45, 2.75) is 13.0 Å². The Bertz CT molecular complexity index is 1030. The molecule has 7 nitrogen and oxygen atoms in total. The molecule has 0 spiro atoms. The lowest BCUT2D eigenvalue weighted by Gasteiger charge is -2.27. The lowest BCUT2D eigenvalue weighted by molar-refractivity contribution is 0.122. The number of morpholine rings is 1. The first-order valence-electron chi connectivity index (χ1n) is 9.76. The molecular formula is C22H21N5O2. The van der Waals surface area contributed by atoms with Crippen molar-refractivity contribution in [2.24, 2.45) is 0 Å². The van der Waals surface area contributed by atoms with Crippen LogP contribution in [0.4, 0.5) is 5.95 Å². The minimum atomic E-state index is 0.306. The fourth-order valence-electron chi connectivity index (χ4n) is 3.46. The molecule has 146 valence electrons. The molecule has 29 heavy (non-hydrogen) atoms. The number of allylic oxidation sites excluding steroid dienone is 1. The van der Waals surface area contributed by atoms with Gasteiger partial charge in [-0.3, -0.25) is 4.98 Å². The van der Waals surface area contributed by atoms with E-state index in [-0.39, 0.29) is 0 Å². The Morgan fingerprint density at radius 3 is 2.83 bits per heavy atom. The lowest BCUT2D eigenvalue weighted by atomic mass is 10.1. The number of rotatable bonds is 5. The third-order valence-electron chi connectivity index (χ3n) is 5.01. The second-order valence-corrected chi connectivity index (χ2v) is 6.97. The molecule has 2 aliphatic rings. The first-order valence-corrected chi connectivity index (χ1v) is 9.76. The maximum Gasteiger partial charge on any atom is 0.322 e. The first-order chi connectivity index (χ1) is 14.3. The lowest BCUT2D eigenvalue weighted by Crippen LogP contribution is -2.37. The second kappa shape index (κ2) is 7.97. The number of pyridine rings is 1. The highest BCUT2D eigenvalue weighted by molar-refractivity contribution is 5.67. The van der Waals surface area contributed by atoms with Gasteiger partial charge in [0.2, 0.25) is 5.95 Å². The molecule has 0 amide bonds. The van der Waals surface area contributed by atoms with Crippen LogP contribution in [0.25, 0.3) is 17.5 Å². The maximum atomic E-state index is 5.88. The molecule has 3 heterocycles. The number of hydrogen-bond donors (Lipinski definition) is 0. The summed E-state index contributed by atoms with van der Waals surface area (Å²) in [7, 11) is 0. The number of benzene rings is 1. The van der Waals surface area contributed by atoms with Gasteiger partial charge in [0.15, 0.2) is 5.82 Å². The van der Waals surface area contributed by atoms with Gasteiger partial charge >= 0.3 is 6.01 Å². The zero-order chi connectivity index (χ0) is 19.5. The monoisotopic (exact) mass is 387 g/mol. The van der Waals surface area contributed by atoms with Gasteiger partial charge in [-0.05, 0) is 35.7 Å². The van der Waals surface area contributed by atoms with E-state index >= 15 is 0 Å². The summed E-state index contributed by atoms with van der Waals surface area (Å²) in [6, 6.07) is 12.3. The Labute approximate surface area is 169 Å². The third-order valence-corrected chi connectivity index (χ3v) is 5.01. The van der Waals surface area contributed by atoms with Crippen molar-refractivity contribution in [3.05, 3.63) is 65.5 Å². The van der Waals surface area contributed by atoms with Crippen LogP contribution in [0.5, 0.6) is 6.01 Å². The number of hydrogen-bond acceptors (Lipinski definition) is 7. The number of aromatic nitrogens is 4. The van der Waals surface area contributed by atoms with Crippen LogP contribution in [0.15, 0.2) is 48.7 Å². The van der Waals surface area contributed by atoms with E-state index in [0.29, 0.717) is 37.6 Å². The molecule has 1 aliphatic heterocycles. The largest absolute Gasteiger partial charge is 0.457 e. The fraction of sp³-hybridized carbons (Fsp3) is 0.273. The Balaban J connectivity index is 1.47. The molecule has 5 rings (SSSR count). The van der Waals surface area contributed by atoms with E-state index in [2.05, 4.69) is 50.2 Å². The number of fused-ring (bicyclic) bond motifs is 1. The Morgan fingerprint density at radius 1 is 1.03 bits per heavy atom. The van der Waals surface area contributed by atoms with Crippen LogP contribution >= 0.6 is 0 Å². The van der Waals surface area contributed by atoms with E-state index in [0.717, 1.165) is 30.8 Å². The average molecular weight is 387 g/mol. The third kappa shape index (κ3) is 3.95. The predicted octanol–water partition coefficient (Wildman–Crippen LogP) is 2.92. The molecule has 7 heteroatoms. The Morgan fingerprint density at radius 2 is 1.97 bits per heavy atom. The van der Waals surface area contributed by atoms with E-state index in [1.165, 1.54) is 11.1 Å². The molecule has 0 bridgehead atoms. The van der Waals surface area contributed by atoms with E-state index in [1.807, 2.05) is 18.2 Å². The van der Waals surface area contributed by atoms with E-state index in [9.17, 15) is 0 Å². The maximum absolute atomic E-state index is 5.88. The summed E-state index contributed by atoms with van der Waals surface area (Å²) >= 11 is 0. The summed E-state index contributed by atoms with van der Waals surface area (Å²) < 4.78 is 11.3. The molecule has 1 saturated heterocycles. The van der Waals surface area contributed by atoms with E-state index < -0.39 is 0 Å². The first kappa shape index (κ1) is 17.8. The van der Waals surface area contributed by atoms with Crippen molar-refractivity contribution in [1.29, 1.82) is 0 Å². The average Bonchev–Trinajstić information content (AvgIpc) is 3.27. The van der Waals surface area contributed by atoms with Crippen molar-refractivity contribution >= 4 is 12.0 Å². The molecule has 0 atom stereocenters. The molecule has 1 fully saturated rings. The zero-order valence-electron chi connectivity index (χ0n) is 16.0. The normalized spacial score (nSPS) is 15.4. The van der Waals surface area contributed by atoms with Crippen molar-refractivity contribution in [2.75, 3.05) is 31.2 Å². The molecule has 1 aliphatic carbocycles. The number of ether oxygens (including phenoxy) is 2. The van der Waals surface area contributed by atoms with Crippen molar-refractivity contribution < 1.29 is 9.47 Å². The summed E-state index contributed by atoms with van der Waals surface area (Å²) in [5, 5.41) is 0. The smallest absolute Gasteiger partial charge is 0.322 e. The standard InChI is InChI=1S/C22H21N5O2/c1-2-9-23-19(6-1)15-29-22-25-20(18-8-7-16-4-3-5-17(16)14-18)24-21(26-22)27-10-12-28-13-11-27/h1-4,6-9,14H,5,10-13,15H2. The van der Waals surface area contributed by atoms with Gasteiger partial charge in [-0.2, -0.15) is 15.0 Å². The van der Waals surface area contributed by atoms with Crippen LogP contribution < -0.4 is 9.64 Å². The van der Waals surface area contributed by atoms with E-state index in [4.69, 9.17) is 14.5 Å². The van der Waals surface area contributed by atoms with Gasteiger partial charge in [-0.25, -0.2) is 0 Å². The van der Waals surface area contributed by atoms with Gasteiger partial charge < -0.3 is 14.4 Å².